The van der Waals surface area contributed by atoms with Crippen LogP contribution in [-0.2, 0) is 9.59 Å². The van der Waals surface area contributed by atoms with Gasteiger partial charge in [0, 0.05) is 37.6 Å². The molecule has 2 saturated heterocycles. The van der Waals surface area contributed by atoms with Crippen molar-refractivity contribution in [1.82, 2.24) is 9.80 Å². The molecule has 154 valence electrons. The molecule has 2 aliphatic rings. The summed E-state index contributed by atoms with van der Waals surface area (Å²) < 4.78 is 0. The first-order valence-electron chi connectivity index (χ1n) is 9.98. The summed E-state index contributed by atoms with van der Waals surface area (Å²) in [4.78, 5) is 28.4. The van der Waals surface area contributed by atoms with E-state index in [1.54, 1.807) is 24.3 Å². The highest BCUT2D eigenvalue weighted by atomic mass is 16.3. The van der Waals surface area contributed by atoms with E-state index in [0.29, 0.717) is 50.1 Å². The molecule has 3 rings (SSSR count). The van der Waals surface area contributed by atoms with E-state index < -0.39 is 0 Å². The highest BCUT2D eigenvalue weighted by molar-refractivity contribution is 5.94. The molecule has 8 nitrogen and oxygen atoms in total. The molecular formula is C20H30N4O4. The van der Waals surface area contributed by atoms with Crippen LogP contribution in [0.3, 0.4) is 0 Å². The Labute approximate surface area is 165 Å². The van der Waals surface area contributed by atoms with Crippen molar-refractivity contribution in [3.63, 3.8) is 0 Å². The van der Waals surface area contributed by atoms with Gasteiger partial charge in [-0.05, 0) is 49.9 Å². The number of carbonyl (C=O) groups is 2. The third-order valence-electron chi connectivity index (χ3n) is 5.30. The monoisotopic (exact) mass is 390 g/mol. The minimum atomic E-state index is -0.247. The molecular weight excluding hydrogens is 360 g/mol. The highest BCUT2D eigenvalue weighted by Gasteiger charge is 2.20. The lowest BCUT2D eigenvalue weighted by Crippen LogP contribution is -2.40. The zero-order valence-electron chi connectivity index (χ0n) is 16.1. The van der Waals surface area contributed by atoms with Crippen LogP contribution < -0.4 is 10.6 Å². The predicted molar refractivity (Wildman–Crippen MR) is 107 cm³/mol. The number of nitrogens with zero attached hydrogens (tertiary/aromatic N) is 2. The Hall–Kier alpha value is -2.00. The number of hydrogen-bond acceptors (Lipinski definition) is 6. The van der Waals surface area contributed by atoms with Crippen LogP contribution in [0.25, 0.3) is 0 Å². The van der Waals surface area contributed by atoms with Crippen molar-refractivity contribution in [1.29, 1.82) is 0 Å². The summed E-state index contributed by atoms with van der Waals surface area (Å²) in [6.45, 7) is 3.56. The van der Waals surface area contributed by atoms with Crippen LogP contribution in [0.15, 0.2) is 24.3 Å². The van der Waals surface area contributed by atoms with Crippen molar-refractivity contribution < 1.29 is 19.8 Å². The number of aliphatic hydroxyl groups excluding tert-OH is 2. The molecule has 0 saturated carbocycles. The van der Waals surface area contributed by atoms with Crippen molar-refractivity contribution in [2.75, 3.05) is 49.9 Å². The molecule has 2 aliphatic heterocycles. The quantitative estimate of drug-likeness (QED) is 0.563. The SMILES string of the molecule is O=C(CN1CCC(O)CC1)Nc1ccc(NC(=O)CN2CCC(O)CC2)cc1. The maximum Gasteiger partial charge on any atom is 0.238 e. The van der Waals surface area contributed by atoms with Gasteiger partial charge in [-0.2, -0.15) is 0 Å². The van der Waals surface area contributed by atoms with Crippen LogP contribution in [0.1, 0.15) is 25.7 Å². The van der Waals surface area contributed by atoms with Gasteiger partial charge in [-0.3, -0.25) is 19.4 Å². The van der Waals surface area contributed by atoms with Crippen LogP contribution in [-0.4, -0.2) is 83.3 Å². The number of likely N-dealkylation sites (tertiary alicyclic amines) is 2. The maximum atomic E-state index is 12.2. The topological polar surface area (TPSA) is 105 Å². The normalized spacial score (nSPS) is 20.1. The lowest BCUT2D eigenvalue weighted by atomic mass is 10.1. The molecule has 8 heteroatoms. The summed E-state index contributed by atoms with van der Waals surface area (Å²) in [5.74, 6) is -0.166. The van der Waals surface area contributed by atoms with Gasteiger partial charge in [-0.15, -0.1) is 0 Å². The standard InChI is InChI=1S/C20H30N4O4/c25-17-5-9-23(10-6-17)13-19(27)21-15-1-2-16(4-3-15)22-20(28)14-24-11-7-18(26)8-12-24/h1-4,17-18,25-26H,5-14H2,(H,21,27)(H,22,28). The van der Waals surface area contributed by atoms with E-state index in [2.05, 4.69) is 10.6 Å². The zero-order chi connectivity index (χ0) is 19.9. The average Bonchev–Trinajstić information content (AvgIpc) is 2.67. The van der Waals surface area contributed by atoms with Crippen LogP contribution >= 0.6 is 0 Å². The van der Waals surface area contributed by atoms with Gasteiger partial charge in [0.2, 0.25) is 11.8 Å². The summed E-state index contributed by atoms with van der Waals surface area (Å²) in [7, 11) is 0. The Bertz CT molecular complexity index is 594. The van der Waals surface area contributed by atoms with Crippen molar-refractivity contribution in [3.05, 3.63) is 24.3 Å². The van der Waals surface area contributed by atoms with Crippen LogP contribution in [0, 0.1) is 0 Å². The number of aliphatic hydroxyl groups is 2. The Morgan fingerprint density at radius 2 is 1.07 bits per heavy atom. The fourth-order valence-corrected chi connectivity index (χ4v) is 3.60. The van der Waals surface area contributed by atoms with Crippen molar-refractivity contribution in [2.45, 2.75) is 37.9 Å². The molecule has 0 bridgehead atoms. The number of piperidine rings is 2. The second-order valence-electron chi connectivity index (χ2n) is 7.69. The molecule has 0 atom stereocenters. The van der Waals surface area contributed by atoms with E-state index >= 15 is 0 Å². The summed E-state index contributed by atoms with van der Waals surface area (Å²) >= 11 is 0. The lowest BCUT2D eigenvalue weighted by molar-refractivity contribution is -0.118. The Balaban J connectivity index is 1.40. The van der Waals surface area contributed by atoms with Gasteiger partial charge in [0.1, 0.15) is 0 Å². The summed E-state index contributed by atoms with van der Waals surface area (Å²) in [5, 5.41) is 24.8. The minimum absolute atomic E-state index is 0.0829. The summed E-state index contributed by atoms with van der Waals surface area (Å²) in [6.07, 6.45) is 2.34. The predicted octanol–water partition coefficient (Wildman–Crippen LogP) is 0.477. The van der Waals surface area contributed by atoms with Gasteiger partial charge in [-0.1, -0.05) is 0 Å². The summed E-state index contributed by atoms with van der Waals surface area (Å²) in [6, 6.07) is 7.07. The second-order valence-corrected chi connectivity index (χ2v) is 7.69. The first kappa shape index (κ1) is 20.7. The maximum absolute atomic E-state index is 12.2. The van der Waals surface area contributed by atoms with Crippen molar-refractivity contribution >= 4 is 23.2 Å². The minimum Gasteiger partial charge on any atom is -0.393 e. The second kappa shape index (κ2) is 9.97. The average molecular weight is 390 g/mol. The Kier molecular flexibility index (Phi) is 7.38. The van der Waals surface area contributed by atoms with Crippen molar-refractivity contribution in [2.24, 2.45) is 0 Å². The molecule has 0 aliphatic carbocycles. The van der Waals surface area contributed by atoms with Gasteiger partial charge in [0.05, 0.1) is 25.3 Å². The molecule has 0 unspecified atom stereocenters. The fourth-order valence-electron chi connectivity index (χ4n) is 3.60. The Morgan fingerprint density at radius 1 is 0.750 bits per heavy atom. The zero-order valence-corrected chi connectivity index (χ0v) is 16.1. The summed E-state index contributed by atoms with van der Waals surface area (Å²) in [5.41, 5.74) is 1.37. The number of anilines is 2. The van der Waals surface area contributed by atoms with Crippen LogP contribution in [0.4, 0.5) is 11.4 Å². The number of hydrogen-bond donors (Lipinski definition) is 4. The lowest BCUT2D eigenvalue weighted by Gasteiger charge is -2.28. The number of carbonyl (C=O) groups excluding carboxylic acids is 2. The number of rotatable bonds is 6. The molecule has 2 heterocycles. The van der Waals surface area contributed by atoms with Crippen LogP contribution in [0.2, 0.25) is 0 Å². The smallest absolute Gasteiger partial charge is 0.238 e. The molecule has 2 amide bonds. The van der Waals surface area contributed by atoms with Gasteiger partial charge in [-0.25, -0.2) is 0 Å². The number of benzene rings is 1. The molecule has 1 aromatic carbocycles. The molecule has 2 fully saturated rings. The first-order valence-corrected chi connectivity index (χ1v) is 9.98. The number of amides is 2. The van der Waals surface area contributed by atoms with E-state index in [9.17, 15) is 19.8 Å². The van der Waals surface area contributed by atoms with Gasteiger partial charge in [0.15, 0.2) is 0 Å². The molecule has 4 N–H and O–H groups in total. The van der Waals surface area contributed by atoms with E-state index in [4.69, 9.17) is 0 Å². The van der Waals surface area contributed by atoms with E-state index in [1.807, 2.05) is 9.80 Å². The first-order chi connectivity index (χ1) is 13.5. The van der Waals surface area contributed by atoms with Crippen LogP contribution in [0.5, 0.6) is 0 Å². The largest absolute Gasteiger partial charge is 0.393 e. The third-order valence-corrected chi connectivity index (χ3v) is 5.30. The molecule has 1 aromatic rings. The third kappa shape index (κ3) is 6.56. The van der Waals surface area contributed by atoms with E-state index in [1.165, 1.54) is 0 Å². The van der Waals surface area contributed by atoms with E-state index in [0.717, 1.165) is 26.2 Å². The molecule has 0 aromatic heterocycles. The fraction of sp³-hybridized carbons (Fsp3) is 0.600. The highest BCUT2D eigenvalue weighted by Crippen LogP contribution is 2.15. The number of nitrogens with one attached hydrogen (secondary N) is 2. The van der Waals surface area contributed by atoms with Gasteiger partial charge in [0.25, 0.3) is 0 Å². The van der Waals surface area contributed by atoms with E-state index in [-0.39, 0.29) is 24.0 Å². The van der Waals surface area contributed by atoms with Crippen molar-refractivity contribution in [3.8, 4) is 0 Å². The molecule has 0 spiro atoms. The molecule has 0 radical (unpaired) electrons. The van der Waals surface area contributed by atoms with Gasteiger partial charge < -0.3 is 20.8 Å². The van der Waals surface area contributed by atoms with Gasteiger partial charge >= 0.3 is 0 Å². The Morgan fingerprint density at radius 3 is 1.39 bits per heavy atom. The molecule has 28 heavy (non-hydrogen) atoms.